The van der Waals surface area contributed by atoms with Crippen molar-refractivity contribution in [2.75, 3.05) is 6.61 Å². The molecule has 0 aliphatic carbocycles. The molecule has 0 spiro atoms. The van der Waals surface area contributed by atoms with Gasteiger partial charge in [0.2, 0.25) is 0 Å². The van der Waals surface area contributed by atoms with Crippen LogP contribution in [0.4, 0.5) is 8.78 Å². The molecule has 0 radical (unpaired) electrons. The Morgan fingerprint density at radius 2 is 1.74 bits per heavy atom. The minimum atomic E-state index is -3.06. The van der Waals surface area contributed by atoms with Crippen molar-refractivity contribution >= 4 is 11.9 Å². The maximum absolute atomic E-state index is 12.5. The average Bonchev–Trinajstić information content (AvgIpc) is 2.22. The topological polar surface area (TPSA) is 52.6 Å². The number of carbonyl (C=O) groups is 2. The van der Waals surface area contributed by atoms with Crippen LogP contribution in [0.25, 0.3) is 0 Å². The summed E-state index contributed by atoms with van der Waals surface area (Å²) in [5, 5.41) is 0. The van der Waals surface area contributed by atoms with Gasteiger partial charge in [0, 0.05) is 6.92 Å². The number of halogens is 2. The fraction of sp³-hybridized carbons (Fsp3) is 0.846. The Bertz CT molecular complexity index is 321. The van der Waals surface area contributed by atoms with Crippen molar-refractivity contribution in [1.82, 2.24) is 0 Å². The molecule has 0 aromatic carbocycles. The van der Waals surface area contributed by atoms with Gasteiger partial charge in [0.1, 0.15) is 5.60 Å². The summed E-state index contributed by atoms with van der Waals surface area (Å²) >= 11 is 0. The summed E-state index contributed by atoms with van der Waals surface area (Å²) in [5.74, 6) is -4.56. The van der Waals surface area contributed by atoms with Crippen molar-refractivity contribution in [3.8, 4) is 0 Å². The van der Waals surface area contributed by atoms with Gasteiger partial charge >= 0.3 is 11.9 Å². The summed E-state index contributed by atoms with van der Waals surface area (Å²) in [7, 11) is 0. The van der Waals surface area contributed by atoms with E-state index in [9.17, 15) is 18.4 Å². The quantitative estimate of drug-likeness (QED) is 0.673. The molecule has 1 atom stereocenters. The van der Waals surface area contributed by atoms with Gasteiger partial charge in [-0.2, -0.15) is 0 Å². The van der Waals surface area contributed by atoms with Gasteiger partial charge in [-0.25, -0.2) is 8.78 Å². The Kier molecular flexibility index (Phi) is 6.39. The van der Waals surface area contributed by atoms with Gasteiger partial charge in [0.05, 0.1) is 12.3 Å². The third-order valence-electron chi connectivity index (χ3n) is 2.45. The molecule has 0 aliphatic rings. The highest BCUT2D eigenvalue weighted by Crippen LogP contribution is 2.19. The van der Waals surface area contributed by atoms with Gasteiger partial charge in [-0.1, -0.05) is 13.8 Å². The summed E-state index contributed by atoms with van der Waals surface area (Å²) in [6, 6.07) is 0. The van der Waals surface area contributed by atoms with Crippen LogP contribution in [0.15, 0.2) is 0 Å². The van der Waals surface area contributed by atoms with Crippen molar-refractivity contribution < 1.29 is 27.8 Å². The first-order chi connectivity index (χ1) is 8.47. The van der Waals surface area contributed by atoms with Crippen LogP contribution in [0.3, 0.4) is 0 Å². The highest BCUT2D eigenvalue weighted by molar-refractivity contribution is 5.74. The van der Waals surface area contributed by atoms with Gasteiger partial charge in [-0.15, -0.1) is 0 Å². The maximum Gasteiger partial charge on any atom is 0.310 e. The fourth-order valence-electron chi connectivity index (χ4n) is 1.18. The van der Waals surface area contributed by atoms with E-state index in [0.717, 1.165) is 0 Å². The van der Waals surface area contributed by atoms with Gasteiger partial charge in [0.15, 0.2) is 6.61 Å². The molecule has 6 heteroatoms. The van der Waals surface area contributed by atoms with Crippen molar-refractivity contribution in [1.29, 1.82) is 0 Å². The summed E-state index contributed by atoms with van der Waals surface area (Å²) in [5.41, 5.74) is -1.07. The Morgan fingerprint density at radius 3 is 2.16 bits per heavy atom. The normalized spacial score (nSPS) is 13.8. The van der Waals surface area contributed by atoms with E-state index >= 15 is 0 Å². The van der Waals surface area contributed by atoms with Crippen LogP contribution >= 0.6 is 0 Å². The average molecular weight is 280 g/mol. The number of alkyl halides is 2. The summed E-state index contributed by atoms with van der Waals surface area (Å²) < 4.78 is 34.6. The first-order valence-electron chi connectivity index (χ1n) is 6.23. The van der Waals surface area contributed by atoms with Gasteiger partial charge in [-0.05, 0) is 20.3 Å². The molecule has 19 heavy (non-hydrogen) atoms. The largest absolute Gasteiger partial charge is 0.459 e. The van der Waals surface area contributed by atoms with E-state index in [1.807, 2.05) is 6.92 Å². The summed E-state index contributed by atoms with van der Waals surface area (Å²) in [6.45, 7) is 6.33. The maximum atomic E-state index is 12.5. The van der Waals surface area contributed by atoms with Crippen LogP contribution in [0, 0.1) is 5.92 Å². The molecule has 1 unspecified atom stereocenters. The lowest BCUT2D eigenvalue weighted by Crippen LogP contribution is -2.34. The third kappa shape index (κ3) is 8.51. The minimum absolute atomic E-state index is 0.259. The van der Waals surface area contributed by atoms with E-state index in [-0.39, 0.29) is 12.3 Å². The van der Waals surface area contributed by atoms with Crippen LogP contribution in [-0.4, -0.2) is 30.1 Å². The highest BCUT2D eigenvalue weighted by Gasteiger charge is 2.30. The molecule has 0 saturated carbocycles. The second-order valence-electron chi connectivity index (χ2n) is 5.40. The zero-order valence-corrected chi connectivity index (χ0v) is 12.1. The van der Waals surface area contributed by atoms with Crippen molar-refractivity contribution in [3.63, 3.8) is 0 Å². The Labute approximate surface area is 112 Å². The molecule has 112 valence electrons. The van der Waals surface area contributed by atoms with E-state index in [2.05, 4.69) is 4.74 Å². The molecule has 0 saturated heterocycles. The Hall–Kier alpha value is -1.20. The molecule has 0 aromatic heterocycles. The van der Waals surface area contributed by atoms with Gasteiger partial charge < -0.3 is 9.47 Å². The third-order valence-corrected chi connectivity index (χ3v) is 2.45. The standard InChI is InChI=1S/C13H22F2O4/c1-6-9(2)11(17)19-12(3,4)7-10(16)18-8-13(5,14)15/h9H,6-8H2,1-5H3. The molecule has 0 heterocycles. The molecular formula is C13H22F2O4. The number of hydrogen-bond donors (Lipinski definition) is 0. The molecular weight excluding hydrogens is 258 g/mol. The number of esters is 2. The van der Waals surface area contributed by atoms with Crippen LogP contribution in [-0.2, 0) is 19.1 Å². The lowest BCUT2D eigenvalue weighted by atomic mass is 10.0. The zero-order valence-electron chi connectivity index (χ0n) is 12.1. The number of hydrogen-bond acceptors (Lipinski definition) is 4. The van der Waals surface area contributed by atoms with E-state index in [4.69, 9.17) is 4.74 Å². The van der Waals surface area contributed by atoms with E-state index in [1.165, 1.54) is 0 Å². The van der Waals surface area contributed by atoms with Crippen molar-refractivity contribution in [3.05, 3.63) is 0 Å². The molecule has 0 rings (SSSR count). The van der Waals surface area contributed by atoms with Crippen LogP contribution in [0.2, 0.25) is 0 Å². The van der Waals surface area contributed by atoms with Gasteiger partial charge in [-0.3, -0.25) is 9.59 Å². The lowest BCUT2D eigenvalue weighted by molar-refractivity contribution is -0.169. The summed E-state index contributed by atoms with van der Waals surface area (Å²) in [4.78, 5) is 23.0. The highest BCUT2D eigenvalue weighted by atomic mass is 19.3. The van der Waals surface area contributed by atoms with Crippen LogP contribution in [0.1, 0.15) is 47.5 Å². The van der Waals surface area contributed by atoms with Crippen molar-refractivity contribution in [2.24, 2.45) is 5.92 Å². The molecule has 0 aliphatic heterocycles. The Morgan fingerprint density at radius 1 is 1.21 bits per heavy atom. The van der Waals surface area contributed by atoms with Crippen LogP contribution < -0.4 is 0 Å². The molecule has 0 bridgehead atoms. The molecule has 4 nitrogen and oxygen atoms in total. The van der Waals surface area contributed by atoms with Crippen LogP contribution in [0.5, 0.6) is 0 Å². The SMILES string of the molecule is CCC(C)C(=O)OC(C)(C)CC(=O)OCC(C)(F)F. The van der Waals surface area contributed by atoms with E-state index in [1.54, 1.807) is 20.8 Å². The second kappa shape index (κ2) is 6.82. The number of ether oxygens (including phenoxy) is 2. The molecule has 0 fully saturated rings. The fourth-order valence-corrected chi connectivity index (χ4v) is 1.18. The monoisotopic (exact) mass is 280 g/mol. The Balaban J connectivity index is 4.29. The summed E-state index contributed by atoms with van der Waals surface area (Å²) in [6.07, 6.45) is 0.368. The predicted molar refractivity (Wildman–Crippen MR) is 65.8 cm³/mol. The van der Waals surface area contributed by atoms with E-state index in [0.29, 0.717) is 13.3 Å². The van der Waals surface area contributed by atoms with Gasteiger partial charge in [0.25, 0.3) is 5.92 Å². The molecule has 0 aromatic rings. The minimum Gasteiger partial charge on any atom is -0.459 e. The molecule has 0 N–H and O–H groups in total. The predicted octanol–water partition coefficient (Wildman–Crippen LogP) is 2.94. The second-order valence-corrected chi connectivity index (χ2v) is 5.40. The van der Waals surface area contributed by atoms with Crippen molar-refractivity contribution in [2.45, 2.75) is 59.0 Å². The first kappa shape index (κ1) is 17.8. The lowest BCUT2D eigenvalue weighted by Gasteiger charge is -2.26. The van der Waals surface area contributed by atoms with E-state index < -0.39 is 30.1 Å². The number of carbonyl (C=O) groups excluding carboxylic acids is 2. The zero-order chi connectivity index (χ0) is 15.3. The molecule has 0 amide bonds. The number of rotatable bonds is 7. The first-order valence-corrected chi connectivity index (χ1v) is 6.23. The smallest absolute Gasteiger partial charge is 0.310 e.